The monoisotopic (exact) mass is 277 g/mol. The largest absolute Gasteiger partial charge is 0.504 e. The number of aromatic nitrogens is 1. The third kappa shape index (κ3) is 3.14. The van der Waals surface area contributed by atoms with Gasteiger partial charge in [-0.2, -0.15) is 5.10 Å². The summed E-state index contributed by atoms with van der Waals surface area (Å²) in [6.45, 7) is 0. The number of halogens is 2. The number of amides is 1. The summed E-state index contributed by atoms with van der Waals surface area (Å²) in [7, 11) is 0. The Kier molecular flexibility index (Phi) is 3.99. The number of pyridine rings is 1. The summed E-state index contributed by atoms with van der Waals surface area (Å²) in [5, 5.41) is 12.9. The SMILES string of the molecule is O=C(N/N=C/c1cc(F)cc(F)c1O)c1ccncc1. The molecule has 2 N–H and O–H groups in total. The number of aromatic hydroxyl groups is 1. The second-order valence-corrected chi connectivity index (χ2v) is 3.76. The van der Waals surface area contributed by atoms with Gasteiger partial charge >= 0.3 is 0 Å². The molecule has 20 heavy (non-hydrogen) atoms. The summed E-state index contributed by atoms with van der Waals surface area (Å²) in [6.07, 6.45) is 3.82. The molecule has 5 nitrogen and oxygen atoms in total. The van der Waals surface area contributed by atoms with Crippen LogP contribution in [0.25, 0.3) is 0 Å². The zero-order valence-corrected chi connectivity index (χ0v) is 10.0. The van der Waals surface area contributed by atoms with E-state index in [0.717, 1.165) is 12.3 Å². The molecule has 0 aliphatic heterocycles. The molecule has 0 saturated carbocycles. The summed E-state index contributed by atoms with van der Waals surface area (Å²) in [4.78, 5) is 15.3. The Morgan fingerprint density at radius 3 is 2.70 bits per heavy atom. The van der Waals surface area contributed by atoms with E-state index in [1.54, 1.807) is 0 Å². The van der Waals surface area contributed by atoms with Gasteiger partial charge in [-0.05, 0) is 18.2 Å². The molecule has 0 atom stereocenters. The number of nitrogens with zero attached hydrogens (tertiary/aromatic N) is 2. The predicted molar refractivity (Wildman–Crippen MR) is 67.3 cm³/mol. The van der Waals surface area contributed by atoms with Gasteiger partial charge in [0.1, 0.15) is 5.82 Å². The third-order valence-corrected chi connectivity index (χ3v) is 2.37. The van der Waals surface area contributed by atoms with Crippen molar-refractivity contribution in [2.75, 3.05) is 0 Å². The molecule has 0 fully saturated rings. The molecule has 2 rings (SSSR count). The number of rotatable bonds is 3. The van der Waals surface area contributed by atoms with Gasteiger partial charge in [-0.1, -0.05) is 0 Å². The van der Waals surface area contributed by atoms with E-state index in [2.05, 4.69) is 15.5 Å². The lowest BCUT2D eigenvalue weighted by Gasteiger charge is -2.01. The van der Waals surface area contributed by atoms with Gasteiger partial charge in [0, 0.05) is 29.6 Å². The number of hydrogen-bond donors (Lipinski definition) is 2. The molecule has 0 saturated heterocycles. The molecule has 0 aliphatic rings. The van der Waals surface area contributed by atoms with E-state index in [1.807, 2.05) is 0 Å². The Hall–Kier alpha value is -2.83. The van der Waals surface area contributed by atoms with E-state index in [4.69, 9.17) is 0 Å². The third-order valence-electron chi connectivity index (χ3n) is 2.37. The van der Waals surface area contributed by atoms with Crippen LogP contribution in [0, 0.1) is 11.6 Å². The van der Waals surface area contributed by atoms with E-state index in [1.165, 1.54) is 24.5 Å². The molecular weight excluding hydrogens is 268 g/mol. The Bertz CT molecular complexity index is 660. The van der Waals surface area contributed by atoms with E-state index < -0.39 is 23.3 Å². The van der Waals surface area contributed by atoms with Crippen LogP contribution >= 0.6 is 0 Å². The van der Waals surface area contributed by atoms with Gasteiger partial charge < -0.3 is 5.11 Å². The molecule has 0 unspecified atom stereocenters. The molecule has 2 aromatic rings. The van der Waals surface area contributed by atoms with Crippen LogP contribution in [0.5, 0.6) is 5.75 Å². The van der Waals surface area contributed by atoms with E-state index in [9.17, 15) is 18.7 Å². The molecule has 0 bridgehead atoms. The summed E-state index contributed by atoms with van der Waals surface area (Å²) in [5.41, 5.74) is 2.30. The highest BCUT2D eigenvalue weighted by atomic mass is 19.1. The molecule has 1 aromatic carbocycles. The molecule has 0 spiro atoms. The zero-order valence-electron chi connectivity index (χ0n) is 10.0. The number of hydrazone groups is 1. The van der Waals surface area contributed by atoms with Crippen molar-refractivity contribution in [3.8, 4) is 5.75 Å². The van der Waals surface area contributed by atoms with Crippen LogP contribution in [0.4, 0.5) is 8.78 Å². The van der Waals surface area contributed by atoms with Crippen molar-refractivity contribution >= 4 is 12.1 Å². The van der Waals surface area contributed by atoms with Gasteiger partial charge in [0.15, 0.2) is 11.6 Å². The summed E-state index contributed by atoms with van der Waals surface area (Å²) < 4.78 is 26.0. The minimum atomic E-state index is -1.10. The fourth-order valence-corrected chi connectivity index (χ4v) is 1.41. The van der Waals surface area contributed by atoms with Crippen LogP contribution < -0.4 is 5.43 Å². The van der Waals surface area contributed by atoms with Crippen molar-refractivity contribution in [2.45, 2.75) is 0 Å². The quantitative estimate of drug-likeness (QED) is 0.664. The first-order valence-electron chi connectivity index (χ1n) is 5.49. The first-order chi connectivity index (χ1) is 9.58. The lowest BCUT2D eigenvalue weighted by atomic mass is 10.2. The standard InChI is InChI=1S/C13H9F2N3O2/c14-10-5-9(12(19)11(15)6-10)7-17-18-13(20)8-1-3-16-4-2-8/h1-7,19H,(H,18,20)/b17-7+. The van der Waals surface area contributed by atoms with Crippen LogP contribution in [0.15, 0.2) is 41.8 Å². The number of carbonyl (C=O) groups is 1. The topological polar surface area (TPSA) is 74.6 Å². The van der Waals surface area contributed by atoms with Gasteiger partial charge in [-0.15, -0.1) is 0 Å². The maximum Gasteiger partial charge on any atom is 0.271 e. The maximum atomic E-state index is 13.0. The number of phenols is 1. The van der Waals surface area contributed by atoms with Crippen molar-refractivity contribution in [1.29, 1.82) is 0 Å². The highest BCUT2D eigenvalue weighted by Gasteiger charge is 2.08. The molecule has 1 aromatic heterocycles. The average molecular weight is 277 g/mol. The van der Waals surface area contributed by atoms with Crippen molar-refractivity contribution < 1.29 is 18.7 Å². The van der Waals surface area contributed by atoms with Crippen molar-refractivity contribution in [2.24, 2.45) is 5.10 Å². The van der Waals surface area contributed by atoms with E-state index >= 15 is 0 Å². The van der Waals surface area contributed by atoms with Gasteiger partial charge in [0.05, 0.1) is 6.21 Å². The second kappa shape index (κ2) is 5.87. The number of hydrogen-bond acceptors (Lipinski definition) is 4. The fraction of sp³-hybridized carbons (Fsp3) is 0. The molecule has 1 amide bonds. The highest BCUT2D eigenvalue weighted by Crippen LogP contribution is 2.20. The maximum absolute atomic E-state index is 13.0. The Morgan fingerprint density at radius 2 is 2.00 bits per heavy atom. The second-order valence-electron chi connectivity index (χ2n) is 3.76. The van der Waals surface area contributed by atoms with Crippen molar-refractivity contribution in [1.82, 2.24) is 10.4 Å². The molecule has 102 valence electrons. The Morgan fingerprint density at radius 1 is 1.30 bits per heavy atom. The van der Waals surface area contributed by atoms with Crippen LogP contribution in [-0.2, 0) is 0 Å². The van der Waals surface area contributed by atoms with Crippen LogP contribution in [0.3, 0.4) is 0 Å². The lowest BCUT2D eigenvalue weighted by molar-refractivity contribution is 0.0955. The Balaban J connectivity index is 2.10. The van der Waals surface area contributed by atoms with Gasteiger partial charge in [-0.25, -0.2) is 14.2 Å². The summed E-state index contributed by atoms with van der Waals surface area (Å²) >= 11 is 0. The van der Waals surface area contributed by atoms with Crippen molar-refractivity contribution in [3.63, 3.8) is 0 Å². The van der Waals surface area contributed by atoms with Crippen molar-refractivity contribution in [3.05, 3.63) is 59.4 Å². The highest BCUT2D eigenvalue weighted by molar-refractivity contribution is 5.94. The number of phenolic OH excluding ortho intramolecular Hbond substituents is 1. The minimum absolute atomic E-state index is 0.183. The van der Waals surface area contributed by atoms with E-state index in [0.29, 0.717) is 11.6 Å². The summed E-state index contributed by atoms with van der Waals surface area (Å²) in [5.74, 6) is -3.22. The molecule has 0 radical (unpaired) electrons. The fourth-order valence-electron chi connectivity index (χ4n) is 1.41. The van der Waals surface area contributed by atoms with Crippen LogP contribution in [0.2, 0.25) is 0 Å². The average Bonchev–Trinajstić information content (AvgIpc) is 2.44. The smallest absolute Gasteiger partial charge is 0.271 e. The van der Waals surface area contributed by atoms with Gasteiger partial charge in [0.25, 0.3) is 5.91 Å². The zero-order chi connectivity index (χ0) is 14.5. The molecule has 1 heterocycles. The number of carbonyl (C=O) groups excluding carboxylic acids is 1. The number of nitrogens with one attached hydrogen (secondary N) is 1. The summed E-state index contributed by atoms with van der Waals surface area (Å²) in [6, 6.07) is 4.39. The normalized spacial score (nSPS) is 10.7. The Labute approximate surface area is 112 Å². The predicted octanol–water partition coefficient (Wildman–Crippen LogP) is 1.83. The number of benzene rings is 1. The van der Waals surface area contributed by atoms with Crippen LogP contribution in [-0.4, -0.2) is 22.2 Å². The first-order valence-corrected chi connectivity index (χ1v) is 5.49. The van der Waals surface area contributed by atoms with Crippen LogP contribution in [0.1, 0.15) is 15.9 Å². The first kappa shape index (κ1) is 13.6. The lowest BCUT2D eigenvalue weighted by Crippen LogP contribution is -2.17. The molecular formula is C13H9F2N3O2. The van der Waals surface area contributed by atoms with Gasteiger partial charge in [0.2, 0.25) is 0 Å². The molecule has 0 aliphatic carbocycles. The minimum Gasteiger partial charge on any atom is -0.504 e. The van der Waals surface area contributed by atoms with Gasteiger partial charge in [-0.3, -0.25) is 9.78 Å². The molecule has 7 heteroatoms. The van der Waals surface area contributed by atoms with E-state index in [-0.39, 0.29) is 5.56 Å².